The molecule has 0 aromatic rings. The second kappa shape index (κ2) is 6.41. The second-order valence-corrected chi connectivity index (χ2v) is 6.11. The minimum atomic E-state index is -0.254. The van der Waals surface area contributed by atoms with E-state index in [0.717, 1.165) is 31.7 Å². The first kappa shape index (κ1) is 13.7. The predicted octanol–water partition coefficient (Wildman–Crippen LogP) is 1.99. The van der Waals surface area contributed by atoms with Crippen LogP contribution in [-0.4, -0.2) is 46.9 Å². The van der Waals surface area contributed by atoms with Crippen molar-refractivity contribution in [2.75, 3.05) is 31.4 Å². The zero-order valence-electron chi connectivity index (χ0n) is 9.86. The molecule has 0 aromatic carbocycles. The fourth-order valence-electron chi connectivity index (χ4n) is 1.83. The first-order valence-corrected chi connectivity index (χ1v) is 8.02. The molecule has 0 atom stereocenters. The van der Waals surface area contributed by atoms with E-state index in [4.69, 9.17) is 5.26 Å². The maximum Gasteiger partial charge on any atom is 0.223 e. The van der Waals surface area contributed by atoms with Gasteiger partial charge >= 0.3 is 0 Å². The van der Waals surface area contributed by atoms with Crippen LogP contribution in [-0.2, 0) is 4.79 Å². The standard InChI is InChI=1S/C11H18N2OS2/c1-15-8-3-10(14)13-6-4-11(9-12,16-2)5-7-13/h3-8H2,1-2H3. The number of piperidine rings is 1. The molecule has 90 valence electrons. The Morgan fingerprint density at radius 2 is 2.06 bits per heavy atom. The average Bonchev–Trinajstić information content (AvgIpc) is 2.36. The lowest BCUT2D eigenvalue weighted by atomic mass is 9.97. The summed E-state index contributed by atoms with van der Waals surface area (Å²) in [5.41, 5.74) is 0. The van der Waals surface area contributed by atoms with Crippen LogP contribution in [0.5, 0.6) is 0 Å². The number of nitriles is 1. The number of carbonyl (C=O) groups is 1. The first-order valence-electron chi connectivity index (χ1n) is 5.40. The summed E-state index contributed by atoms with van der Waals surface area (Å²) in [6.45, 7) is 1.48. The molecule has 0 aliphatic carbocycles. The molecule has 1 aliphatic rings. The highest BCUT2D eigenvalue weighted by Crippen LogP contribution is 2.33. The van der Waals surface area contributed by atoms with Crippen molar-refractivity contribution >= 4 is 29.4 Å². The molecule has 5 heteroatoms. The highest BCUT2D eigenvalue weighted by Gasteiger charge is 2.35. The average molecular weight is 258 g/mol. The van der Waals surface area contributed by atoms with Gasteiger partial charge in [-0.05, 0) is 25.4 Å². The topological polar surface area (TPSA) is 44.1 Å². The van der Waals surface area contributed by atoms with Gasteiger partial charge < -0.3 is 4.90 Å². The Bertz CT molecular complexity index is 280. The smallest absolute Gasteiger partial charge is 0.223 e. The number of nitrogens with zero attached hydrogens (tertiary/aromatic N) is 2. The molecule has 1 heterocycles. The number of rotatable bonds is 4. The van der Waals surface area contributed by atoms with E-state index >= 15 is 0 Å². The summed E-state index contributed by atoms with van der Waals surface area (Å²) in [7, 11) is 0. The Morgan fingerprint density at radius 1 is 1.44 bits per heavy atom. The fourth-order valence-corrected chi connectivity index (χ4v) is 2.89. The molecule has 1 rings (SSSR count). The lowest BCUT2D eigenvalue weighted by molar-refractivity contribution is -0.131. The minimum Gasteiger partial charge on any atom is -0.342 e. The van der Waals surface area contributed by atoms with E-state index in [0.29, 0.717) is 6.42 Å². The molecule has 0 aromatic heterocycles. The molecule has 0 N–H and O–H groups in total. The van der Waals surface area contributed by atoms with Crippen LogP contribution in [0.2, 0.25) is 0 Å². The van der Waals surface area contributed by atoms with Crippen molar-refractivity contribution < 1.29 is 4.79 Å². The Morgan fingerprint density at radius 3 is 2.50 bits per heavy atom. The number of amides is 1. The highest BCUT2D eigenvalue weighted by atomic mass is 32.2. The van der Waals surface area contributed by atoms with E-state index in [1.54, 1.807) is 23.5 Å². The zero-order chi connectivity index (χ0) is 12.0. The van der Waals surface area contributed by atoms with E-state index in [-0.39, 0.29) is 10.7 Å². The maximum absolute atomic E-state index is 11.8. The normalized spacial score (nSPS) is 19.2. The van der Waals surface area contributed by atoms with Gasteiger partial charge in [0.15, 0.2) is 0 Å². The summed E-state index contributed by atoms with van der Waals surface area (Å²) in [6.07, 6.45) is 6.22. The molecule has 0 unspecified atom stereocenters. The summed E-state index contributed by atoms with van der Waals surface area (Å²) < 4.78 is -0.254. The van der Waals surface area contributed by atoms with Gasteiger partial charge in [0.1, 0.15) is 4.75 Å². The molecule has 3 nitrogen and oxygen atoms in total. The van der Waals surface area contributed by atoms with Gasteiger partial charge in [-0.3, -0.25) is 4.79 Å². The van der Waals surface area contributed by atoms with Crippen molar-refractivity contribution in [3.63, 3.8) is 0 Å². The molecule has 0 bridgehead atoms. The molecule has 0 radical (unpaired) electrons. The fraction of sp³-hybridized carbons (Fsp3) is 0.818. The quantitative estimate of drug-likeness (QED) is 0.773. The predicted molar refractivity (Wildman–Crippen MR) is 70.7 cm³/mol. The SMILES string of the molecule is CSCCC(=O)N1CCC(C#N)(SC)CC1. The molecule has 1 saturated heterocycles. The van der Waals surface area contributed by atoms with Crippen LogP contribution < -0.4 is 0 Å². The Kier molecular flexibility index (Phi) is 5.50. The van der Waals surface area contributed by atoms with Gasteiger partial charge in [0.2, 0.25) is 5.91 Å². The minimum absolute atomic E-state index is 0.238. The number of likely N-dealkylation sites (tertiary alicyclic amines) is 1. The molecule has 1 fully saturated rings. The maximum atomic E-state index is 11.8. The van der Waals surface area contributed by atoms with Crippen molar-refractivity contribution in [2.45, 2.75) is 24.0 Å². The van der Waals surface area contributed by atoms with Gasteiger partial charge in [0.05, 0.1) is 6.07 Å². The van der Waals surface area contributed by atoms with Crippen LogP contribution in [0, 0.1) is 11.3 Å². The van der Waals surface area contributed by atoms with Crippen LogP contribution in [0.1, 0.15) is 19.3 Å². The monoisotopic (exact) mass is 258 g/mol. The molecule has 0 saturated carbocycles. The summed E-state index contributed by atoms with van der Waals surface area (Å²) >= 11 is 3.32. The zero-order valence-corrected chi connectivity index (χ0v) is 11.5. The third-order valence-electron chi connectivity index (χ3n) is 3.04. The Balaban J connectivity index is 2.43. The van der Waals surface area contributed by atoms with E-state index in [9.17, 15) is 4.79 Å². The van der Waals surface area contributed by atoms with Gasteiger partial charge in [0.25, 0.3) is 0 Å². The molecular formula is C11H18N2OS2. The number of carbonyl (C=O) groups excluding carboxylic acids is 1. The lowest BCUT2D eigenvalue weighted by Gasteiger charge is -2.36. The van der Waals surface area contributed by atoms with Gasteiger partial charge in [-0.15, -0.1) is 11.8 Å². The van der Waals surface area contributed by atoms with Crippen molar-refractivity contribution in [2.24, 2.45) is 0 Å². The second-order valence-electron chi connectivity index (χ2n) is 3.93. The number of hydrogen-bond donors (Lipinski definition) is 0. The van der Waals surface area contributed by atoms with Crippen LogP contribution in [0.4, 0.5) is 0 Å². The van der Waals surface area contributed by atoms with Crippen molar-refractivity contribution in [3.8, 4) is 6.07 Å². The van der Waals surface area contributed by atoms with Gasteiger partial charge in [-0.1, -0.05) is 0 Å². The Hall–Kier alpha value is -0.340. The molecule has 0 spiro atoms. The van der Waals surface area contributed by atoms with Crippen molar-refractivity contribution in [1.82, 2.24) is 4.90 Å². The summed E-state index contributed by atoms with van der Waals surface area (Å²) in [6, 6.07) is 2.39. The van der Waals surface area contributed by atoms with Crippen LogP contribution in [0.3, 0.4) is 0 Å². The third kappa shape index (κ3) is 3.33. The molecule has 16 heavy (non-hydrogen) atoms. The Labute approximate surface area is 106 Å². The van der Waals surface area contributed by atoms with E-state index < -0.39 is 0 Å². The van der Waals surface area contributed by atoms with Crippen LogP contribution >= 0.6 is 23.5 Å². The summed E-state index contributed by atoms with van der Waals surface area (Å²) in [5.74, 6) is 1.13. The van der Waals surface area contributed by atoms with E-state index in [1.165, 1.54) is 0 Å². The summed E-state index contributed by atoms with van der Waals surface area (Å²) in [5, 5.41) is 9.13. The molecular weight excluding hydrogens is 240 g/mol. The number of hydrogen-bond acceptors (Lipinski definition) is 4. The first-order chi connectivity index (χ1) is 7.67. The largest absolute Gasteiger partial charge is 0.342 e. The molecule has 1 amide bonds. The molecule has 1 aliphatic heterocycles. The van der Waals surface area contributed by atoms with Crippen molar-refractivity contribution in [3.05, 3.63) is 0 Å². The van der Waals surface area contributed by atoms with Gasteiger partial charge in [-0.2, -0.15) is 17.0 Å². The van der Waals surface area contributed by atoms with Crippen molar-refractivity contribution in [1.29, 1.82) is 5.26 Å². The number of thioether (sulfide) groups is 2. The van der Waals surface area contributed by atoms with Crippen LogP contribution in [0.25, 0.3) is 0 Å². The van der Waals surface area contributed by atoms with Gasteiger partial charge in [0, 0.05) is 25.3 Å². The highest BCUT2D eigenvalue weighted by molar-refractivity contribution is 8.00. The van der Waals surface area contributed by atoms with E-state index in [2.05, 4.69) is 6.07 Å². The summed E-state index contributed by atoms with van der Waals surface area (Å²) in [4.78, 5) is 13.7. The van der Waals surface area contributed by atoms with Crippen LogP contribution in [0.15, 0.2) is 0 Å². The van der Waals surface area contributed by atoms with Gasteiger partial charge in [-0.25, -0.2) is 0 Å². The third-order valence-corrected chi connectivity index (χ3v) is 4.93. The van der Waals surface area contributed by atoms with E-state index in [1.807, 2.05) is 17.4 Å². The lowest BCUT2D eigenvalue weighted by Crippen LogP contribution is -2.44.